The van der Waals surface area contributed by atoms with Crippen LogP contribution in [-0.4, -0.2) is 20.9 Å². The number of aromatic nitrogens is 3. The van der Waals surface area contributed by atoms with Gasteiger partial charge in [-0.25, -0.2) is 4.68 Å². The van der Waals surface area contributed by atoms with E-state index in [-0.39, 0.29) is 5.91 Å². The average molecular weight is 342 g/mol. The molecular formula is C21H18N4O. The number of nitrogens with zero attached hydrogens (tertiary/aromatic N) is 3. The number of para-hydroxylation sites is 1. The Morgan fingerprint density at radius 2 is 1.58 bits per heavy atom. The van der Waals surface area contributed by atoms with Crippen LogP contribution in [0.2, 0.25) is 0 Å². The van der Waals surface area contributed by atoms with Crippen molar-refractivity contribution < 1.29 is 4.79 Å². The molecule has 0 atom stereocenters. The van der Waals surface area contributed by atoms with Crippen LogP contribution < -0.4 is 5.32 Å². The summed E-state index contributed by atoms with van der Waals surface area (Å²) < 4.78 is 1.86. The maximum absolute atomic E-state index is 12.3. The highest BCUT2D eigenvalue weighted by Gasteiger charge is 2.07. The number of nitrogens with one attached hydrogen (secondary N) is 1. The van der Waals surface area contributed by atoms with Gasteiger partial charge >= 0.3 is 0 Å². The van der Waals surface area contributed by atoms with Gasteiger partial charge in [-0.05, 0) is 35.4 Å². The summed E-state index contributed by atoms with van der Waals surface area (Å²) in [6.07, 6.45) is 0. The monoisotopic (exact) mass is 342 g/mol. The van der Waals surface area contributed by atoms with E-state index < -0.39 is 0 Å². The highest BCUT2D eigenvalue weighted by Crippen LogP contribution is 2.13. The summed E-state index contributed by atoms with van der Waals surface area (Å²) in [4.78, 5) is 12.3. The second-order valence-electron chi connectivity index (χ2n) is 6.10. The quantitative estimate of drug-likeness (QED) is 0.605. The molecule has 0 saturated carbocycles. The molecular weight excluding hydrogens is 324 g/mol. The number of carbonyl (C=O) groups excluding carboxylic acids is 1. The molecule has 0 aliphatic heterocycles. The lowest BCUT2D eigenvalue weighted by atomic mass is 10.1. The van der Waals surface area contributed by atoms with Gasteiger partial charge in [0.2, 0.25) is 0 Å². The lowest BCUT2D eigenvalue weighted by Crippen LogP contribution is -2.22. The SMILES string of the molecule is O=C(NCc1ccccc1)c1ccc(Cn2nnc3ccccc32)cc1. The summed E-state index contributed by atoms with van der Waals surface area (Å²) in [5.74, 6) is -0.0772. The number of rotatable bonds is 5. The van der Waals surface area contributed by atoms with Gasteiger partial charge in [0.25, 0.3) is 5.91 Å². The van der Waals surface area contributed by atoms with Crippen LogP contribution in [0.4, 0.5) is 0 Å². The molecule has 4 rings (SSSR count). The topological polar surface area (TPSA) is 59.8 Å². The molecule has 0 radical (unpaired) electrons. The molecule has 4 aromatic rings. The largest absolute Gasteiger partial charge is 0.348 e. The molecule has 0 aliphatic carbocycles. The predicted molar refractivity (Wildman–Crippen MR) is 101 cm³/mol. The molecule has 3 aromatic carbocycles. The van der Waals surface area contributed by atoms with Gasteiger partial charge in [-0.15, -0.1) is 5.10 Å². The average Bonchev–Trinajstić information content (AvgIpc) is 3.10. The first-order chi connectivity index (χ1) is 12.8. The molecule has 1 aromatic heterocycles. The normalized spacial score (nSPS) is 10.8. The minimum Gasteiger partial charge on any atom is -0.348 e. The van der Waals surface area contributed by atoms with E-state index in [1.54, 1.807) is 0 Å². The van der Waals surface area contributed by atoms with Gasteiger partial charge in [0.15, 0.2) is 0 Å². The number of hydrogen-bond donors (Lipinski definition) is 1. The summed E-state index contributed by atoms with van der Waals surface area (Å²) in [5.41, 5.74) is 4.67. The van der Waals surface area contributed by atoms with Crippen molar-refractivity contribution in [2.75, 3.05) is 0 Å². The van der Waals surface area contributed by atoms with Crippen LogP contribution in [0, 0.1) is 0 Å². The third-order valence-corrected chi connectivity index (χ3v) is 4.26. The highest BCUT2D eigenvalue weighted by molar-refractivity contribution is 5.94. The zero-order valence-corrected chi connectivity index (χ0v) is 14.2. The smallest absolute Gasteiger partial charge is 0.251 e. The third kappa shape index (κ3) is 3.47. The van der Waals surface area contributed by atoms with Gasteiger partial charge in [0, 0.05) is 12.1 Å². The van der Waals surface area contributed by atoms with E-state index in [4.69, 9.17) is 0 Å². The Morgan fingerprint density at radius 3 is 2.38 bits per heavy atom. The van der Waals surface area contributed by atoms with E-state index in [0.717, 1.165) is 22.2 Å². The molecule has 128 valence electrons. The Kier molecular flexibility index (Phi) is 4.43. The van der Waals surface area contributed by atoms with Gasteiger partial charge in [-0.3, -0.25) is 4.79 Å². The van der Waals surface area contributed by atoms with Crippen molar-refractivity contribution in [1.29, 1.82) is 0 Å². The zero-order valence-electron chi connectivity index (χ0n) is 14.2. The van der Waals surface area contributed by atoms with Gasteiger partial charge in [0.1, 0.15) is 5.52 Å². The van der Waals surface area contributed by atoms with E-state index in [9.17, 15) is 4.79 Å². The number of benzene rings is 3. The van der Waals surface area contributed by atoms with Crippen molar-refractivity contribution >= 4 is 16.9 Å². The molecule has 5 nitrogen and oxygen atoms in total. The van der Waals surface area contributed by atoms with Crippen LogP contribution in [0.5, 0.6) is 0 Å². The van der Waals surface area contributed by atoms with Crippen molar-refractivity contribution in [3.05, 3.63) is 95.6 Å². The number of hydrogen-bond acceptors (Lipinski definition) is 3. The first-order valence-electron chi connectivity index (χ1n) is 8.49. The molecule has 0 spiro atoms. The van der Waals surface area contributed by atoms with Gasteiger partial charge in [-0.1, -0.05) is 59.8 Å². The maximum Gasteiger partial charge on any atom is 0.251 e. The fourth-order valence-electron chi connectivity index (χ4n) is 2.85. The minimum atomic E-state index is -0.0772. The molecule has 26 heavy (non-hydrogen) atoms. The van der Waals surface area contributed by atoms with Crippen molar-refractivity contribution in [3.8, 4) is 0 Å². The van der Waals surface area contributed by atoms with Crippen molar-refractivity contribution in [3.63, 3.8) is 0 Å². The Labute approximate surface area is 151 Å². The lowest BCUT2D eigenvalue weighted by Gasteiger charge is -2.07. The Bertz CT molecular complexity index is 1020. The molecule has 1 amide bonds. The van der Waals surface area contributed by atoms with Crippen LogP contribution in [0.1, 0.15) is 21.5 Å². The summed E-state index contributed by atoms with van der Waals surface area (Å²) in [5, 5.41) is 11.3. The third-order valence-electron chi connectivity index (χ3n) is 4.26. The van der Waals surface area contributed by atoms with E-state index in [1.165, 1.54) is 0 Å². The van der Waals surface area contributed by atoms with E-state index in [1.807, 2.05) is 83.5 Å². The van der Waals surface area contributed by atoms with Crippen LogP contribution in [0.15, 0.2) is 78.9 Å². The number of amides is 1. The van der Waals surface area contributed by atoms with Gasteiger partial charge in [-0.2, -0.15) is 0 Å². The summed E-state index contributed by atoms with van der Waals surface area (Å²) in [7, 11) is 0. The van der Waals surface area contributed by atoms with E-state index in [0.29, 0.717) is 18.7 Å². The molecule has 0 fully saturated rings. The highest BCUT2D eigenvalue weighted by atomic mass is 16.1. The molecule has 0 bridgehead atoms. The molecule has 0 unspecified atom stereocenters. The van der Waals surface area contributed by atoms with Crippen LogP contribution >= 0.6 is 0 Å². The maximum atomic E-state index is 12.3. The summed E-state index contributed by atoms with van der Waals surface area (Å²) in [6.45, 7) is 1.14. The van der Waals surface area contributed by atoms with Crippen LogP contribution in [-0.2, 0) is 13.1 Å². The molecule has 5 heteroatoms. The van der Waals surface area contributed by atoms with Crippen LogP contribution in [0.25, 0.3) is 11.0 Å². The Morgan fingerprint density at radius 1 is 0.846 bits per heavy atom. The number of fused-ring (bicyclic) bond motifs is 1. The summed E-state index contributed by atoms with van der Waals surface area (Å²) >= 11 is 0. The molecule has 0 saturated heterocycles. The predicted octanol–water partition coefficient (Wildman–Crippen LogP) is 3.41. The van der Waals surface area contributed by atoms with Gasteiger partial charge < -0.3 is 5.32 Å². The second kappa shape index (κ2) is 7.19. The lowest BCUT2D eigenvalue weighted by molar-refractivity contribution is 0.0951. The molecule has 1 heterocycles. The van der Waals surface area contributed by atoms with Crippen molar-refractivity contribution in [2.45, 2.75) is 13.1 Å². The second-order valence-corrected chi connectivity index (χ2v) is 6.10. The van der Waals surface area contributed by atoms with Crippen molar-refractivity contribution in [1.82, 2.24) is 20.3 Å². The Hall–Kier alpha value is -3.47. The van der Waals surface area contributed by atoms with E-state index in [2.05, 4.69) is 15.6 Å². The first-order valence-corrected chi connectivity index (χ1v) is 8.49. The minimum absolute atomic E-state index is 0.0772. The van der Waals surface area contributed by atoms with E-state index >= 15 is 0 Å². The standard InChI is InChI=1S/C21H18N4O/c26-21(22-14-16-6-2-1-3-7-16)18-12-10-17(11-13-18)15-25-20-9-5-4-8-19(20)23-24-25/h1-13H,14-15H2,(H,22,26). The van der Waals surface area contributed by atoms with Crippen LogP contribution in [0.3, 0.4) is 0 Å². The van der Waals surface area contributed by atoms with Crippen molar-refractivity contribution in [2.24, 2.45) is 0 Å². The Balaban J connectivity index is 1.42. The fourth-order valence-corrected chi connectivity index (χ4v) is 2.85. The van der Waals surface area contributed by atoms with Gasteiger partial charge in [0.05, 0.1) is 12.1 Å². The fraction of sp³-hybridized carbons (Fsp3) is 0.0952. The molecule has 0 aliphatic rings. The first kappa shape index (κ1) is 16.0. The zero-order chi connectivity index (χ0) is 17.8. The molecule has 1 N–H and O–H groups in total. The summed E-state index contributed by atoms with van der Waals surface area (Å²) in [6, 6.07) is 25.3. The number of carbonyl (C=O) groups is 1.